The van der Waals surface area contributed by atoms with E-state index < -0.39 is 0 Å². The number of nitrogens with zero attached hydrogens (tertiary/aromatic N) is 4. The summed E-state index contributed by atoms with van der Waals surface area (Å²) < 4.78 is 2.20. The Labute approximate surface area is 273 Å². The Morgan fingerprint density at radius 1 is 1.05 bits per heavy atom. The number of fused-ring (bicyclic) bond motifs is 2. The number of halogens is 3. The topological polar surface area (TPSA) is 56.8 Å². The highest BCUT2D eigenvalue weighted by Crippen LogP contribution is 2.46. The molecule has 1 aliphatic carbocycles. The number of piperidine rings is 2. The van der Waals surface area contributed by atoms with Gasteiger partial charge in [0.2, 0.25) is 5.91 Å². The Hall–Kier alpha value is -1.32. The number of aryl methyl sites for hydroxylation is 2. The molecule has 2 aliphatic heterocycles. The van der Waals surface area contributed by atoms with Gasteiger partial charge in [-0.2, -0.15) is 0 Å². The second-order valence-electron chi connectivity index (χ2n) is 12.4. The Morgan fingerprint density at radius 3 is 2.40 bits per heavy atom. The highest BCUT2D eigenvalue weighted by atomic mass is 79.9. The van der Waals surface area contributed by atoms with Gasteiger partial charge >= 0.3 is 0 Å². The van der Waals surface area contributed by atoms with Gasteiger partial charge in [-0.05, 0) is 148 Å². The van der Waals surface area contributed by atoms with E-state index in [4.69, 9.17) is 16.6 Å². The monoisotopic (exact) mass is 722 g/mol. The summed E-state index contributed by atoms with van der Waals surface area (Å²) in [4.78, 5) is 33.7. The van der Waals surface area contributed by atoms with Gasteiger partial charge < -0.3 is 19.5 Å². The van der Waals surface area contributed by atoms with Crippen molar-refractivity contribution in [1.82, 2.24) is 19.7 Å². The molecule has 0 spiro atoms. The maximum atomic E-state index is 11.9. The number of aromatic nitrogens is 1. The molecule has 1 atom stereocenters. The zero-order valence-corrected chi connectivity index (χ0v) is 29.2. The van der Waals surface area contributed by atoms with Crippen molar-refractivity contribution in [3.8, 4) is 0 Å². The molecule has 230 valence electrons. The van der Waals surface area contributed by atoms with Crippen molar-refractivity contribution < 1.29 is 9.59 Å². The summed E-state index contributed by atoms with van der Waals surface area (Å²) in [6.07, 6.45) is 11.6. The molecular formula is C33H45Br2ClN4O2. The Morgan fingerprint density at radius 2 is 1.74 bits per heavy atom. The fraction of sp³-hybridized carbons (Fsp3) is 0.606. The van der Waals surface area contributed by atoms with E-state index in [9.17, 15) is 9.59 Å². The quantitative estimate of drug-likeness (QED) is 0.289. The predicted molar refractivity (Wildman–Crippen MR) is 178 cm³/mol. The van der Waals surface area contributed by atoms with E-state index in [-0.39, 0.29) is 5.91 Å². The highest BCUT2D eigenvalue weighted by Gasteiger charge is 2.35. The maximum absolute atomic E-state index is 11.9. The van der Waals surface area contributed by atoms with Gasteiger partial charge in [0.25, 0.3) is 0 Å². The first-order valence-corrected chi connectivity index (χ1v) is 17.3. The van der Waals surface area contributed by atoms with E-state index in [1.54, 1.807) is 0 Å². The zero-order valence-electron chi connectivity index (χ0n) is 25.3. The van der Waals surface area contributed by atoms with E-state index in [0.717, 1.165) is 85.1 Å². The molecule has 42 heavy (non-hydrogen) atoms. The molecule has 0 bridgehead atoms. The normalized spacial score (nSPS) is 19.9. The minimum atomic E-state index is 0.274. The van der Waals surface area contributed by atoms with Gasteiger partial charge in [-0.3, -0.25) is 9.78 Å². The number of hydrogen-bond acceptors (Lipinski definition) is 5. The number of amides is 1. The van der Waals surface area contributed by atoms with Crippen LogP contribution < -0.4 is 0 Å². The van der Waals surface area contributed by atoms with Crippen LogP contribution in [0.1, 0.15) is 73.2 Å². The van der Waals surface area contributed by atoms with Crippen LogP contribution in [0.15, 0.2) is 33.3 Å². The third kappa shape index (κ3) is 9.10. The predicted octanol–water partition coefficient (Wildman–Crippen LogP) is 6.99. The van der Waals surface area contributed by atoms with Crippen molar-refractivity contribution in [2.75, 3.05) is 53.9 Å². The van der Waals surface area contributed by atoms with Crippen molar-refractivity contribution in [2.24, 2.45) is 11.8 Å². The summed E-state index contributed by atoms with van der Waals surface area (Å²) in [5.74, 6) is 1.74. The molecule has 5 rings (SSSR count). The van der Waals surface area contributed by atoms with Gasteiger partial charge in [-0.25, -0.2) is 0 Å². The minimum absolute atomic E-state index is 0.274. The Balaban J connectivity index is 0.000000209. The van der Waals surface area contributed by atoms with Crippen molar-refractivity contribution in [2.45, 2.75) is 63.7 Å². The first-order chi connectivity index (χ1) is 20.2. The van der Waals surface area contributed by atoms with Gasteiger partial charge in [0, 0.05) is 52.0 Å². The van der Waals surface area contributed by atoms with Gasteiger partial charge in [-0.1, -0.05) is 27.5 Å². The number of hydrogen-bond donors (Lipinski definition) is 0. The molecule has 2 saturated heterocycles. The first-order valence-electron chi connectivity index (χ1n) is 15.3. The van der Waals surface area contributed by atoms with Crippen LogP contribution in [0.3, 0.4) is 0 Å². The zero-order chi connectivity index (χ0) is 30.2. The summed E-state index contributed by atoms with van der Waals surface area (Å²) in [6, 6.07) is 6.46. The smallest absolute Gasteiger partial charge is 0.222 e. The molecule has 6 nitrogen and oxygen atoms in total. The van der Waals surface area contributed by atoms with Gasteiger partial charge in [-0.15, -0.1) is 0 Å². The van der Waals surface area contributed by atoms with E-state index in [1.807, 2.05) is 31.3 Å². The largest absolute Gasteiger partial charge is 0.343 e. The second-order valence-corrected chi connectivity index (χ2v) is 14.6. The number of aldehydes is 1. The Kier molecular flexibility index (Phi) is 12.9. The Bertz CT molecular complexity index is 1210. The summed E-state index contributed by atoms with van der Waals surface area (Å²) in [6.45, 7) is 4.95. The molecule has 1 aromatic carbocycles. The number of benzene rings is 1. The lowest BCUT2D eigenvalue weighted by Gasteiger charge is -2.35. The van der Waals surface area contributed by atoms with Gasteiger partial charge in [0.15, 0.2) is 0 Å². The molecule has 1 aromatic heterocycles. The van der Waals surface area contributed by atoms with Gasteiger partial charge in [0.05, 0.1) is 5.69 Å². The van der Waals surface area contributed by atoms with Crippen LogP contribution in [0.25, 0.3) is 0 Å². The van der Waals surface area contributed by atoms with Crippen LogP contribution in [-0.4, -0.2) is 85.7 Å². The lowest BCUT2D eigenvalue weighted by atomic mass is 9.76. The minimum Gasteiger partial charge on any atom is -0.343 e. The molecule has 1 amide bonds. The molecule has 3 aliphatic rings. The van der Waals surface area contributed by atoms with E-state index >= 15 is 0 Å². The molecule has 1 unspecified atom stereocenters. The van der Waals surface area contributed by atoms with Crippen molar-refractivity contribution in [1.29, 1.82) is 0 Å². The number of rotatable bonds is 7. The van der Waals surface area contributed by atoms with Crippen molar-refractivity contribution in [3.63, 3.8) is 0 Å². The van der Waals surface area contributed by atoms with E-state index in [2.05, 4.69) is 60.8 Å². The lowest BCUT2D eigenvalue weighted by Crippen LogP contribution is -2.38. The van der Waals surface area contributed by atoms with E-state index in [1.165, 1.54) is 35.2 Å². The summed E-state index contributed by atoms with van der Waals surface area (Å²) in [5, 5.41) is 0.813. The molecule has 0 saturated carbocycles. The number of carbonyl (C=O) groups is 2. The summed E-state index contributed by atoms with van der Waals surface area (Å²) >= 11 is 13.8. The van der Waals surface area contributed by atoms with Crippen LogP contribution in [-0.2, 0) is 22.4 Å². The van der Waals surface area contributed by atoms with Crippen molar-refractivity contribution >= 4 is 55.7 Å². The number of carbonyl (C=O) groups excluding carboxylic acids is 2. The molecule has 0 radical (unpaired) electrons. The molecular weight excluding hydrogens is 680 g/mol. The second kappa shape index (κ2) is 16.1. The third-order valence-corrected chi connectivity index (χ3v) is 10.4. The standard InChI is InChI=1S/C20H21Br2ClN2.C13H24N2O2/c1-25-6-4-12(5-7-25)19-18-13(9-16(23)10-17(18)22)2-3-14-8-15(21)11-24-20(14)19;1-14(2)8-3-4-13(17)15-9-5-12(6-10-15)7-11-16/h8-12,19H,2-7H2,1H3;11-12H,3-10H2,1-2H3. The summed E-state index contributed by atoms with van der Waals surface area (Å²) in [5.41, 5.74) is 5.42. The molecule has 0 N–H and O–H groups in total. The number of pyridine rings is 1. The molecule has 2 aromatic rings. The molecule has 3 heterocycles. The SMILES string of the molecule is CN(C)CCCC(=O)N1CCC(CC=O)CC1.CN1CCC(C2c3ncc(Br)cc3CCc3cc(Cl)cc(Br)c32)CC1. The van der Waals surface area contributed by atoms with Crippen LogP contribution in [0.4, 0.5) is 0 Å². The fourth-order valence-electron chi connectivity index (χ4n) is 6.65. The van der Waals surface area contributed by atoms with E-state index in [0.29, 0.717) is 30.6 Å². The maximum Gasteiger partial charge on any atom is 0.222 e. The van der Waals surface area contributed by atoms with Crippen LogP contribution in [0.2, 0.25) is 5.02 Å². The number of likely N-dealkylation sites (tertiary alicyclic amines) is 2. The first kappa shape index (κ1) is 33.6. The average Bonchev–Trinajstić information content (AvgIpc) is 3.11. The molecule has 9 heteroatoms. The van der Waals surface area contributed by atoms with Gasteiger partial charge in [0.1, 0.15) is 6.29 Å². The fourth-order valence-corrected chi connectivity index (χ4v) is 8.15. The van der Waals surface area contributed by atoms with Crippen LogP contribution >= 0.6 is 43.5 Å². The highest BCUT2D eigenvalue weighted by molar-refractivity contribution is 9.10. The average molecular weight is 725 g/mol. The lowest BCUT2D eigenvalue weighted by molar-refractivity contribution is -0.132. The van der Waals surface area contributed by atoms with Crippen molar-refractivity contribution in [3.05, 3.63) is 60.7 Å². The van der Waals surface area contributed by atoms with Crippen LogP contribution in [0, 0.1) is 11.8 Å². The van der Waals surface area contributed by atoms with Crippen LogP contribution in [0.5, 0.6) is 0 Å². The third-order valence-electron chi connectivity index (χ3n) is 9.04. The molecule has 2 fully saturated rings. The summed E-state index contributed by atoms with van der Waals surface area (Å²) in [7, 11) is 6.26.